The Bertz CT molecular complexity index is 428. The molecule has 0 aliphatic rings. The first-order valence-corrected chi connectivity index (χ1v) is 5.10. The third-order valence-electron chi connectivity index (χ3n) is 2.02. The second kappa shape index (κ2) is 7.14. The summed E-state index contributed by atoms with van der Waals surface area (Å²) in [6.45, 7) is 0.754. The highest BCUT2D eigenvalue weighted by Gasteiger charge is 2.11. The number of nitrogens with zero attached hydrogens (tertiary/aromatic N) is 3. The molecule has 17 heavy (non-hydrogen) atoms. The highest BCUT2D eigenvalue weighted by atomic mass is 16.5. The summed E-state index contributed by atoms with van der Waals surface area (Å²) in [5, 5.41) is 3.39. The fraction of sp³-hybridized carbons (Fsp3) is 0.364. The lowest BCUT2D eigenvalue weighted by molar-refractivity contribution is 0.0596. The van der Waals surface area contributed by atoms with E-state index in [1.807, 2.05) is 0 Å². The second-order valence-corrected chi connectivity index (χ2v) is 3.14. The molecule has 1 aromatic rings. The van der Waals surface area contributed by atoms with Crippen LogP contribution in [0.25, 0.3) is 10.4 Å². The zero-order valence-corrected chi connectivity index (χ0v) is 9.50. The van der Waals surface area contributed by atoms with Crippen LogP contribution in [0.5, 0.6) is 5.75 Å². The molecule has 6 heteroatoms. The highest BCUT2D eigenvalue weighted by molar-refractivity contribution is 5.92. The van der Waals surface area contributed by atoms with Crippen LogP contribution in [-0.4, -0.2) is 26.2 Å². The molecule has 0 atom stereocenters. The molecule has 0 aromatic heterocycles. The lowest BCUT2D eigenvalue weighted by Gasteiger charge is -2.09. The van der Waals surface area contributed by atoms with Gasteiger partial charge in [0, 0.05) is 11.5 Å². The smallest absolute Gasteiger partial charge is 0.341 e. The molecule has 0 unspecified atom stereocenters. The minimum atomic E-state index is -0.435. The molecule has 0 fully saturated rings. The topological polar surface area (TPSA) is 84.3 Å². The van der Waals surface area contributed by atoms with Gasteiger partial charge in [0.25, 0.3) is 0 Å². The van der Waals surface area contributed by atoms with Gasteiger partial charge in [-0.2, -0.15) is 0 Å². The van der Waals surface area contributed by atoms with E-state index in [1.54, 1.807) is 24.3 Å². The SMILES string of the molecule is COC(=O)c1ccccc1OCCCN=[N+]=[N-]. The van der Waals surface area contributed by atoms with Crippen LogP contribution in [0, 0.1) is 0 Å². The number of carbonyl (C=O) groups excluding carboxylic acids is 1. The zero-order valence-electron chi connectivity index (χ0n) is 9.50. The summed E-state index contributed by atoms with van der Waals surface area (Å²) in [7, 11) is 1.32. The van der Waals surface area contributed by atoms with Crippen molar-refractivity contribution in [2.24, 2.45) is 5.11 Å². The predicted molar refractivity (Wildman–Crippen MR) is 61.9 cm³/mol. The van der Waals surface area contributed by atoms with Gasteiger partial charge in [-0.3, -0.25) is 0 Å². The number of esters is 1. The van der Waals surface area contributed by atoms with Gasteiger partial charge in [-0.1, -0.05) is 17.2 Å². The number of ether oxygens (including phenoxy) is 2. The van der Waals surface area contributed by atoms with Crippen LogP contribution >= 0.6 is 0 Å². The zero-order chi connectivity index (χ0) is 12.5. The third kappa shape index (κ3) is 4.04. The van der Waals surface area contributed by atoms with Gasteiger partial charge in [-0.15, -0.1) is 0 Å². The minimum Gasteiger partial charge on any atom is -0.493 e. The number of para-hydroxylation sites is 1. The van der Waals surface area contributed by atoms with Crippen molar-refractivity contribution >= 4 is 5.97 Å². The largest absolute Gasteiger partial charge is 0.493 e. The van der Waals surface area contributed by atoms with Gasteiger partial charge >= 0.3 is 5.97 Å². The molecule has 0 saturated carbocycles. The lowest BCUT2D eigenvalue weighted by atomic mass is 10.2. The Kier molecular flexibility index (Phi) is 5.40. The first-order valence-electron chi connectivity index (χ1n) is 5.10. The van der Waals surface area contributed by atoms with E-state index in [1.165, 1.54) is 7.11 Å². The van der Waals surface area contributed by atoms with E-state index in [0.717, 1.165) is 0 Å². The van der Waals surface area contributed by atoms with Crippen molar-refractivity contribution in [3.63, 3.8) is 0 Å². The molecule has 0 heterocycles. The predicted octanol–water partition coefficient (Wildman–Crippen LogP) is 2.55. The maximum atomic E-state index is 11.4. The quantitative estimate of drug-likeness (QED) is 0.249. The molecule has 0 aliphatic carbocycles. The molecule has 6 nitrogen and oxygen atoms in total. The van der Waals surface area contributed by atoms with Crippen LogP contribution in [0.4, 0.5) is 0 Å². The molecular weight excluding hydrogens is 222 g/mol. The minimum absolute atomic E-state index is 0.372. The van der Waals surface area contributed by atoms with E-state index in [-0.39, 0.29) is 0 Å². The summed E-state index contributed by atoms with van der Waals surface area (Å²) in [5.41, 5.74) is 8.48. The normalized spacial score (nSPS) is 9.24. The van der Waals surface area contributed by atoms with Crippen LogP contribution in [0.2, 0.25) is 0 Å². The molecule has 0 aliphatic heterocycles. The number of carbonyl (C=O) groups is 1. The lowest BCUT2D eigenvalue weighted by Crippen LogP contribution is -2.06. The fourth-order valence-electron chi connectivity index (χ4n) is 1.23. The van der Waals surface area contributed by atoms with Gasteiger partial charge in [-0.05, 0) is 24.1 Å². The van der Waals surface area contributed by atoms with Crippen molar-refractivity contribution in [2.45, 2.75) is 6.42 Å². The van der Waals surface area contributed by atoms with Gasteiger partial charge in [-0.25, -0.2) is 4.79 Å². The Balaban J connectivity index is 2.58. The summed E-state index contributed by atoms with van der Waals surface area (Å²) in [6.07, 6.45) is 0.597. The Hall–Kier alpha value is -2.20. The Morgan fingerprint density at radius 2 is 2.24 bits per heavy atom. The fourth-order valence-corrected chi connectivity index (χ4v) is 1.23. The van der Waals surface area contributed by atoms with Crippen molar-refractivity contribution in [1.29, 1.82) is 0 Å². The van der Waals surface area contributed by atoms with Crippen molar-refractivity contribution in [3.8, 4) is 5.75 Å². The summed E-state index contributed by atoms with van der Waals surface area (Å²) in [6, 6.07) is 6.84. The number of hydrogen-bond acceptors (Lipinski definition) is 4. The molecule has 0 saturated heterocycles. The van der Waals surface area contributed by atoms with E-state index in [0.29, 0.717) is 30.9 Å². The van der Waals surface area contributed by atoms with E-state index >= 15 is 0 Å². The number of methoxy groups -OCH3 is 1. The van der Waals surface area contributed by atoms with Gasteiger partial charge in [0.15, 0.2) is 0 Å². The summed E-state index contributed by atoms with van der Waals surface area (Å²) < 4.78 is 10.1. The maximum Gasteiger partial charge on any atom is 0.341 e. The van der Waals surface area contributed by atoms with Crippen molar-refractivity contribution < 1.29 is 14.3 Å². The maximum absolute atomic E-state index is 11.4. The Morgan fingerprint density at radius 1 is 1.47 bits per heavy atom. The van der Waals surface area contributed by atoms with Crippen LogP contribution < -0.4 is 4.74 Å². The molecular formula is C11H13N3O3. The average Bonchev–Trinajstić information content (AvgIpc) is 2.38. The van der Waals surface area contributed by atoms with Crippen LogP contribution in [0.1, 0.15) is 16.8 Å². The van der Waals surface area contributed by atoms with Crippen molar-refractivity contribution in [1.82, 2.24) is 0 Å². The molecule has 1 aromatic carbocycles. The third-order valence-corrected chi connectivity index (χ3v) is 2.02. The summed E-state index contributed by atoms with van der Waals surface area (Å²) >= 11 is 0. The average molecular weight is 235 g/mol. The van der Waals surface area contributed by atoms with E-state index in [4.69, 9.17) is 10.3 Å². The van der Waals surface area contributed by atoms with Gasteiger partial charge in [0.1, 0.15) is 11.3 Å². The van der Waals surface area contributed by atoms with Gasteiger partial charge < -0.3 is 9.47 Å². The van der Waals surface area contributed by atoms with E-state index < -0.39 is 5.97 Å². The van der Waals surface area contributed by atoms with Gasteiger partial charge in [0.05, 0.1) is 13.7 Å². The first kappa shape index (κ1) is 12.9. The molecule has 0 spiro atoms. The molecule has 0 bridgehead atoms. The Labute approximate surface area is 98.8 Å². The second-order valence-electron chi connectivity index (χ2n) is 3.14. The number of rotatable bonds is 6. The van der Waals surface area contributed by atoms with E-state index in [9.17, 15) is 4.79 Å². The monoisotopic (exact) mass is 235 g/mol. The summed E-state index contributed by atoms with van der Waals surface area (Å²) in [4.78, 5) is 14.0. The van der Waals surface area contributed by atoms with Gasteiger partial charge in [0.2, 0.25) is 0 Å². The molecule has 0 radical (unpaired) electrons. The summed E-state index contributed by atoms with van der Waals surface area (Å²) in [5.74, 6) is 0.0379. The van der Waals surface area contributed by atoms with Crippen molar-refractivity contribution in [3.05, 3.63) is 40.3 Å². The molecule has 0 N–H and O–H groups in total. The standard InChI is InChI=1S/C11H13N3O3/c1-16-11(15)9-5-2-3-6-10(9)17-8-4-7-13-14-12/h2-3,5-6H,4,7-8H2,1H3. The highest BCUT2D eigenvalue weighted by Crippen LogP contribution is 2.18. The molecule has 1 rings (SSSR count). The van der Waals surface area contributed by atoms with Crippen LogP contribution in [0.3, 0.4) is 0 Å². The Morgan fingerprint density at radius 3 is 2.94 bits per heavy atom. The van der Waals surface area contributed by atoms with Crippen molar-refractivity contribution in [2.75, 3.05) is 20.3 Å². The number of azide groups is 1. The number of benzene rings is 1. The van der Waals surface area contributed by atoms with Crippen LogP contribution in [-0.2, 0) is 4.74 Å². The number of hydrogen-bond donors (Lipinski definition) is 0. The van der Waals surface area contributed by atoms with E-state index in [2.05, 4.69) is 14.8 Å². The molecule has 90 valence electrons. The first-order chi connectivity index (χ1) is 8.29. The van der Waals surface area contributed by atoms with Crippen LogP contribution in [0.15, 0.2) is 29.4 Å². The molecule has 0 amide bonds.